The third kappa shape index (κ3) is 4.10. The van der Waals surface area contributed by atoms with Gasteiger partial charge in [-0.25, -0.2) is 4.79 Å². The zero-order valence-corrected chi connectivity index (χ0v) is 14.0. The first kappa shape index (κ1) is 16.8. The van der Waals surface area contributed by atoms with E-state index in [0.717, 1.165) is 22.1 Å². The molecule has 0 radical (unpaired) electrons. The van der Waals surface area contributed by atoms with Crippen LogP contribution < -0.4 is 9.47 Å². The van der Waals surface area contributed by atoms with Crippen molar-refractivity contribution in [3.63, 3.8) is 0 Å². The van der Waals surface area contributed by atoms with Crippen LogP contribution in [0.1, 0.15) is 12.5 Å². The van der Waals surface area contributed by atoms with E-state index in [1.54, 1.807) is 6.07 Å². The average molecular weight is 336 g/mol. The fraction of sp³-hybridized carbons (Fsp3) is 0.190. The number of hydrogen-bond acceptors (Lipinski definition) is 3. The Hall–Kier alpha value is -3.01. The molecular weight excluding hydrogens is 316 g/mol. The number of rotatable bonds is 7. The fourth-order valence-corrected chi connectivity index (χ4v) is 2.73. The van der Waals surface area contributed by atoms with Gasteiger partial charge in [0.2, 0.25) is 0 Å². The van der Waals surface area contributed by atoms with Crippen LogP contribution in [0.5, 0.6) is 11.5 Å². The van der Waals surface area contributed by atoms with Crippen LogP contribution in [-0.2, 0) is 11.2 Å². The number of ether oxygens (including phenoxy) is 2. The quantitative estimate of drug-likeness (QED) is 0.698. The fourth-order valence-electron chi connectivity index (χ4n) is 2.73. The number of hydrogen-bond donors (Lipinski definition) is 1. The van der Waals surface area contributed by atoms with Crippen molar-refractivity contribution in [1.29, 1.82) is 0 Å². The largest absolute Gasteiger partial charge is 0.494 e. The lowest BCUT2D eigenvalue weighted by atomic mass is 10.1. The SMILES string of the molecule is CCOc1ccc(CC(Oc2cccc3ccccc23)C(=O)O)cc1. The van der Waals surface area contributed by atoms with Crippen molar-refractivity contribution in [2.24, 2.45) is 0 Å². The van der Waals surface area contributed by atoms with Gasteiger partial charge in [-0.1, -0.05) is 48.5 Å². The Morgan fingerprint density at radius 3 is 2.44 bits per heavy atom. The molecule has 0 saturated carbocycles. The van der Waals surface area contributed by atoms with Crippen LogP contribution in [0, 0.1) is 0 Å². The van der Waals surface area contributed by atoms with Gasteiger partial charge in [-0.2, -0.15) is 0 Å². The second-order valence-corrected chi connectivity index (χ2v) is 5.70. The van der Waals surface area contributed by atoms with Gasteiger partial charge in [-0.3, -0.25) is 0 Å². The summed E-state index contributed by atoms with van der Waals surface area (Å²) >= 11 is 0. The highest BCUT2D eigenvalue weighted by atomic mass is 16.5. The monoisotopic (exact) mass is 336 g/mol. The van der Waals surface area contributed by atoms with Crippen molar-refractivity contribution in [3.8, 4) is 11.5 Å². The topological polar surface area (TPSA) is 55.8 Å². The van der Waals surface area contributed by atoms with E-state index in [1.807, 2.05) is 67.6 Å². The summed E-state index contributed by atoms with van der Waals surface area (Å²) in [6.45, 7) is 2.52. The molecule has 0 fully saturated rings. The number of carboxylic acid groups (broad SMARTS) is 1. The second kappa shape index (κ2) is 7.71. The molecule has 0 aliphatic carbocycles. The standard InChI is InChI=1S/C21H20O4/c1-2-24-17-12-10-15(11-13-17)14-20(21(22)23)25-19-9-5-7-16-6-3-4-8-18(16)19/h3-13,20H,2,14H2,1H3,(H,22,23). The lowest BCUT2D eigenvalue weighted by Crippen LogP contribution is -2.29. The van der Waals surface area contributed by atoms with E-state index in [9.17, 15) is 9.90 Å². The van der Waals surface area contributed by atoms with Gasteiger partial charge in [0.15, 0.2) is 6.10 Å². The van der Waals surface area contributed by atoms with E-state index in [1.165, 1.54) is 0 Å². The van der Waals surface area contributed by atoms with Crippen LogP contribution in [0.3, 0.4) is 0 Å². The summed E-state index contributed by atoms with van der Waals surface area (Å²) in [4.78, 5) is 11.7. The van der Waals surface area contributed by atoms with Gasteiger partial charge in [0.05, 0.1) is 6.61 Å². The van der Waals surface area contributed by atoms with Crippen molar-refractivity contribution in [3.05, 3.63) is 72.3 Å². The summed E-state index contributed by atoms with van der Waals surface area (Å²) < 4.78 is 11.2. The van der Waals surface area contributed by atoms with Crippen molar-refractivity contribution in [2.75, 3.05) is 6.61 Å². The predicted octanol–water partition coefficient (Wildman–Crippen LogP) is 4.31. The van der Waals surface area contributed by atoms with Crippen LogP contribution in [0.25, 0.3) is 10.8 Å². The summed E-state index contributed by atoms with van der Waals surface area (Å²) in [6.07, 6.45) is -0.672. The van der Waals surface area contributed by atoms with Gasteiger partial charge in [-0.05, 0) is 36.1 Å². The minimum Gasteiger partial charge on any atom is -0.494 e. The van der Waals surface area contributed by atoms with E-state index in [0.29, 0.717) is 12.4 Å². The summed E-state index contributed by atoms with van der Waals surface area (Å²) in [5, 5.41) is 11.5. The summed E-state index contributed by atoms with van der Waals surface area (Å²) in [5.41, 5.74) is 0.885. The van der Waals surface area contributed by atoms with E-state index in [4.69, 9.17) is 9.47 Å². The highest BCUT2D eigenvalue weighted by Gasteiger charge is 2.21. The molecule has 3 aromatic carbocycles. The van der Waals surface area contributed by atoms with E-state index in [2.05, 4.69) is 0 Å². The molecule has 0 aromatic heterocycles. The average Bonchev–Trinajstić information content (AvgIpc) is 2.63. The first-order valence-electron chi connectivity index (χ1n) is 8.26. The molecule has 1 atom stereocenters. The van der Waals surface area contributed by atoms with Gasteiger partial charge in [-0.15, -0.1) is 0 Å². The van der Waals surface area contributed by atoms with Crippen LogP contribution in [-0.4, -0.2) is 23.8 Å². The minimum atomic E-state index is -0.984. The minimum absolute atomic E-state index is 0.283. The maximum Gasteiger partial charge on any atom is 0.345 e. The molecule has 0 aliphatic rings. The highest BCUT2D eigenvalue weighted by molar-refractivity contribution is 5.88. The molecule has 0 heterocycles. The Labute approximate surface area is 146 Å². The van der Waals surface area contributed by atoms with Crippen LogP contribution in [0.2, 0.25) is 0 Å². The van der Waals surface area contributed by atoms with Crippen molar-refractivity contribution < 1.29 is 19.4 Å². The molecule has 25 heavy (non-hydrogen) atoms. The first-order chi connectivity index (χ1) is 12.2. The first-order valence-corrected chi connectivity index (χ1v) is 8.26. The molecule has 0 spiro atoms. The number of benzene rings is 3. The third-order valence-electron chi connectivity index (χ3n) is 3.95. The third-order valence-corrected chi connectivity index (χ3v) is 3.95. The van der Waals surface area contributed by atoms with E-state index in [-0.39, 0.29) is 6.42 Å². The van der Waals surface area contributed by atoms with Crippen molar-refractivity contribution in [1.82, 2.24) is 0 Å². The highest BCUT2D eigenvalue weighted by Crippen LogP contribution is 2.27. The molecule has 0 saturated heterocycles. The molecule has 0 bridgehead atoms. The van der Waals surface area contributed by atoms with Crippen molar-refractivity contribution in [2.45, 2.75) is 19.4 Å². The number of aliphatic carboxylic acids is 1. The Morgan fingerprint density at radius 1 is 1.00 bits per heavy atom. The Bertz CT molecular complexity index is 850. The van der Waals surface area contributed by atoms with Crippen LogP contribution in [0.4, 0.5) is 0 Å². The summed E-state index contributed by atoms with van der Waals surface area (Å²) in [7, 11) is 0. The zero-order chi connectivity index (χ0) is 17.6. The smallest absolute Gasteiger partial charge is 0.345 e. The number of carbonyl (C=O) groups is 1. The molecule has 128 valence electrons. The van der Waals surface area contributed by atoms with E-state index >= 15 is 0 Å². The Balaban J connectivity index is 1.80. The normalized spacial score (nSPS) is 11.9. The predicted molar refractivity (Wildman–Crippen MR) is 97.3 cm³/mol. The summed E-state index contributed by atoms with van der Waals surface area (Å²) in [5.74, 6) is 0.367. The van der Waals surface area contributed by atoms with Gasteiger partial charge >= 0.3 is 5.97 Å². The maximum absolute atomic E-state index is 11.7. The zero-order valence-electron chi connectivity index (χ0n) is 14.0. The summed E-state index contributed by atoms with van der Waals surface area (Å²) in [6, 6.07) is 20.8. The second-order valence-electron chi connectivity index (χ2n) is 5.70. The van der Waals surface area contributed by atoms with Gasteiger partial charge in [0, 0.05) is 11.8 Å². The molecule has 0 aliphatic heterocycles. The van der Waals surface area contributed by atoms with Crippen LogP contribution >= 0.6 is 0 Å². The van der Waals surface area contributed by atoms with Crippen molar-refractivity contribution >= 4 is 16.7 Å². The molecule has 1 unspecified atom stereocenters. The van der Waals surface area contributed by atoms with Gasteiger partial charge in [0.25, 0.3) is 0 Å². The Morgan fingerprint density at radius 2 is 1.72 bits per heavy atom. The van der Waals surface area contributed by atoms with Gasteiger partial charge < -0.3 is 14.6 Å². The molecule has 3 rings (SSSR count). The number of carboxylic acids is 1. The lowest BCUT2D eigenvalue weighted by molar-refractivity contribution is -0.144. The van der Waals surface area contributed by atoms with Crippen LogP contribution in [0.15, 0.2) is 66.7 Å². The number of fused-ring (bicyclic) bond motifs is 1. The molecule has 0 amide bonds. The lowest BCUT2D eigenvalue weighted by Gasteiger charge is -2.17. The molecular formula is C21H20O4. The van der Waals surface area contributed by atoms with Gasteiger partial charge in [0.1, 0.15) is 11.5 Å². The van der Waals surface area contributed by atoms with E-state index < -0.39 is 12.1 Å². The Kier molecular flexibility index (Phi) is 5.19. The maximum atomic E-state index is 11.7. The molecule has 3 aromatic rings. The molecule has 4 nitrogen and oxygen atoms in total. The molecule has 4 heteroatoms. The molecule has 1 N–H and O–H groups in total.